The molecule has 0 bridgehead atoms. The van der Waals surface area contributed by atoms with Crippen LogP contribution in [-0.2, 0) is 17.9 Å². The van der Waals surface area contributed by atoms with Gasteiger partial charge < -0.3 is 4.90 Å². The summed E-state index contributed by atoms with van der Waals surface area (Å²) < 4.78 is 0. The Morgan fingerprint density at radius 3 is 2.70 bits per heavy atom. The molecule has 1 N–H and O–H groups in total. The van der Waals surface area contributed by atoms with Gasteiger partial charge in [-0.2, -0.15) is 5.10 Å². The molecule has 1 fully saturated rings. The van der Waals surface area contributed by atoms with Crippen LogP contribution in [0.3, 0.4) is 0 Å². The van der Waals surface area contributed by atoms with Crippen molar-refractivity contribution in [2.24, 2.45) is 0 Å². The van der Waals surface area contributed by atoms with E-state index < -0.39 is 0 Å². The molecule has 5 nitrogen and oxygen atoms in total. The maximum Gasteiger partial charge on any atom is 0.236 e. The van der Waals surface area contributed by atoms with E-state index in [0.717, 1.165) is 44.7 Å². The Bertz CT molecular complexity index is 657. The van der Waals surface area contributed by atoms with Crippen molar-refractivity contribution < 1.29 is 4.79 Å². The number of aromatic amines is 1. The lowest BCUT2D eigenvalue weighted by molar-refractivity contribution is -0.133. The molecule has 3 heterocycles. The van der Waals surface area contributed by atoms with Crippen molar-refractivity contribution in [2.45, 2.75) is 31.8 Å². The van der Waals surface area contributed by atoms with E-state index in [9.17, 15) is 4.79 Å². The lowest BCUT2D eigenvalue weighted by Gasteiger charge is -2.33. The number of carbonyl (C=O) groups is 1. The lowest BCUT2D eigenvalue weighted by atomic mass is 9.95. The third-order valence-electron chi connectivity index (χ3n) is 5.00. The highest BCUT2D eigenvalue weighted by Gasteiger charge is 2.28. The van der Waals surface area contributed by atoms with Crippen LogP contribution in [0.4, 0.5) is 0 Å². The molecule has 0 saturated carbocycles. The van der Waals surface area contributed by atoms with Gasteiger partial charge in [-0.25, -0.2) is 0 Å². The van der Waals surface area contributed by atoms with Gasteiger partial charge >= 0.3 is 0 Å². The number of piperidine rings is 1. The Morgan fingerprint density at radius 2 is 2.00 bits per heavy atom. The highest BCUT2D eigenvalue weighted by molar-refractivity contribution is 5.78. The van der Waals surface area contributed by atoms with E-state index in [2.05, 4.69) is 39.4 Å². The van der Waals surface area contributed by atoms with Crippen LogP contribution in [0.25, 0.3) is 0 Å². The van der Waals surface area contributed by atoms with Crippen molar-refractivity contribution >= 4 is 5.91 Å². The number of carbonyl (C=O) groups excluding carboxylic acids is 1. The number of hydrogen-bond acceptors (Lipinski definition) is 3. The second kappa shape index (κ2) is 6.16. The largest absolute Gasteiger partial charge is 0.341 e. The van der Waals surface area contributed by atoms with Gasteiger partial charge in [0.05, 0.1) is 6.54 Å². The molecule has 2 aliphatic heterocycles. The molecule has 1 amide bonds. The summed E-state index contributed by atoms with van der Waals surface area (Å²) in [4.78, 5) is 16.9. The first kappa shape index (κ1) is 14.5. The molecular formula is C18H22N4O. The maximum atomic E-state index is 12.7. The van der Waals surface area contributed by atoms with Gasteiger partial charge in [0.25, 0.3) is 0 Å². The zero-order valence-electron chi connectivity index (χ0n) is 13.2. The SMILES string of the molecule is O=C(CN1Cc2ccccc2C1)N1CCCC(c2ccn[nH]2)C1. The molecule has 23 heavy (non-hydrogen) atoms. The van der Waals surface area contributed by atoms with Crippen molar-refractivity contribution in [3.63, 3.8) is 0 Å². The summed E-state index contributed by atoms with van der Waals surface area (Å²) in [6.45, 7) is 3.98. The minimum atomic E-state index is 0.252. The van der Waals surface area contributed by atoms with Crippen LogP contribution in [-0.4, -0.2) is 45.5 Å². The van der Waals surface area contributed by atoms with E-state index in [4.69, 9.17) is 0 Å². The normalized spacial score (nSPS) is 21.4. The van der Waals surface area contributed by atoms with E-state index in [-0.39, 0.29) is 5.91 Å². The number of benzene rings is 1. The number of amides is 1. The first-order chi connectivity index (χ1) is 11.3. The molecule has 120 valence electrons. The van der Waals surface area contributed by atoms with E-state index in [1.165, 1.54) is 11.1 Å². The molecule has 5 heteroatoms. The summed E-state index contributed by atoms with van der Waals surface area (Å²) in [5, 5.41) is 7.09. The fraction of sp³-hybridized carbons (Fsp3) is 0.444. The van der Waals surface area contributed by atoms with E-state index in [0.29, 0.717) is 12.5 Å². The Hall–Kier alpha value is -2.14. The fourth-order valence-electron chi connectivity index (χ4n) is 3.76. The highest BCUT2D eigenvalue weighted by atomic mass is 16.2. The Morgan fingerprint density at radius 1 is 1.22 bits per heavy atom. The number of nitrogens with one attached hydrogen (secondary N) is 1. The molecule has 0 spiro atoms. The van der Waals surface area contributed by atoms with Crippen molar-refractivity contribution in [2.75, 3.05) is 19.6 Å². The number of aromatic nitrogens is 2. The molecule has 1 aromatic heterocycles. The summed E-state index contributed by atoms with van der Waals surface area (Å²) in [5.74, 6) is 0.646. The Balaban J connectivity index is 1.36. The fourth-order valence-corrected chi connectivity index (χ4v) is 3.76. The number of fused-ring (bicyclic) bond motifs is 1. The molecular weight excluding hydrogens is 288 g/mol. The Kier molecular flexibility index (Phi) is 3.87. The smallest absolute Gasteiger partial charge is 0.236 e. The van der Waals surface area contributed by atoms with E-state index in [1.54, 1.807) is 6.20 Å². The van der Waals surface area contributed by atoms with Gasteiger partial charge in [-0.3, -0.25) is 14.8 Å². The molecule has 1 atom stereocenters. The number of rotatable bonds is 3. The van der Waals surface area contributed by atoms with Gasteiger partial charge in [-0.05, 0) is 30.0 Å². The van der Waals surface area contributed by atoms with Crippen molar-refractivity contribution in [3.05, 3.63) is 53.3 Å². The van der Waals surface area contributed by atoms with Crippen LogP contribution >= 0.6 is 0 Å². The van der Waals surface area contributed by atoms with Crippen LogP contribution in [0, 0.1) is 0 Å². The van der Waals surface area contributed by atoms with E-state index in [1.807, 2.05) is 11.0 Å². The number of likely N-dealkylation sites (tertiary alicyclic amines) is 1. The average molecular weight is 310 g/mol. The second-order valence-electron chi connectivity index (χ2n) is 6.60. The van der Waals surface area contributed by atoms with Crippen LogP contribution in [0.5, 0.6) is 0 Å². The molecule has 0 aliphatic carbocycles. The predicted molar refractivity (Wildman–Crippen MR) is 87.7 cm³/mol. The van der Waals surface area contributed by atoms with Crippen molar-refractivity contribution in [1.82, 2.24) is 20.0 Å². The van der Waals surface area contributed by atoms with Crippen molar-refractivity contribution in [1.29, 1.82) is 0 Å². The maximum absolute atomic E-state index is 12.7. The van der Waals surface area contributed by atoms with Crippen LogP contribution in [0.15, 0.2) is 36.5 Å². The van der Waals surface area contributed by atoms with Gasteiger partial charge in [-0.1, -0.05) is 24.3 Å². The van der Waals surface area contributed by atoms with Gasteiger partial charge in [0.2, 0.25) is 5.91 Å². The molecule has 1 unspecified atom stereocenters. The highest BCUT2D eigenvalue weighted by Crippen LogP contribution is 2.26. The first-order valence-corrected chi connectivity index (χ1v) is 8.36. The van der Waals surface area contributed by atoms with Crippen molar-refractivity contribution in [3.8, 4) is 0 Å². The Labute approximate surface area is 136 Å². The number of nitrogens with zero attached hydrogens (tertiary/aromatic N) is 3. The van der Waals surface area contributed by atoms with Crippen LogP contribution < -0.4 is 0 Å². The molecule has 1 aromatic carbocycles. The minimum absolute atomic E-state index is 0.252. The quantitative estimate of drug-likeness (QED) is 0.945. The molecule has 1 saturated heterocycles. The predicted octanol–water partition coefficient (Wildman–Crippen LogP) is 2.13. The minimum Gasteiger partial charge on any atom is -0.341 e. The number of hydrogen-bond donors (Lipinski definition) is 1. The summed E-state index contributed by atoms with van der Waals surface area (Å²) in [6, 6.07) is 10.5. The zero-order chi connectivity index (χ0) is 15.6. The van der Waals surface area contributed by atoms with E-state index >= 15 is 0 Å². The third kappa shape index (κ3) is 3.01. The summed E-state index contributed by atoms with van der Waals surface area (Å²) in [7, 11) is 0. The number of H-pyrrole nitrogens is 1. The third-order valence-corrected chi connectivity index (χ3v) is 5.00. The van der Waals surface area contributed by atoms with Gasteiger partial charge in [-0.15, -0.1) is 0 Å². The van der Waals surface area contributed by atoms with Gasteiger partial charge in [0.1, 0.15) is 0 Å². The first-order valence-electron chi connectivity index (χ1n) is 8.36. The zero-order valence-corrected chi connectivity index (χ0v) is 13.2. The molecule has 4 rings (SSSR count). The van der Waals surface area contributed by atoms with Crippen LogP contribution in [0.1, 0.15) is 35.6 Å². The average Bonchev–Trinajstić information content (AvgIpc) is 3.24. The molecule has 2 aliphatic rings. The standard InChI is InChI=1S/C18H22N4O/c23-18(13-21-10-14-4-1-2-5-15(14)11-21)22-9-3-6-16(12-22)17-7-8-19-20-17/h1-2,4-5,7-8,16H,3,6,9-13H2,(H,19,20). The molecule has 0 radical (unpaired) electrons. The summed E-state index contributed by atoms with van der Waals surface area (Å²) in [6.07, 6.45) is 3.98. The summed E-state index contributed by atoms with van der Waals surface area (Å²) in [5.41, 5.74) is 3.86. The molecule has 2 aromatic rings. The monoisotopic (exact) mass is 310 g/mol. The van der Waals surface area contributed by atoms with Gasteiger partial charge in [0, 0.05) is 44.0 Å². The van der Waals surface area contributed by atoms with Gasteiger partial charge in [0.15, 0.2) is 0 Å². The lowest BCUT2D eigenvalue weighted by Crippen LogP contribution is -2.43. The topological polar surface area (TPSA) is 52.2 Å². The second-order valence-corrected chi connectivity index (χ2v) is 6.60. The summed E-state index contributed by atoms with van der Waals surface area (Å²) >= 11 is 0. The van der Waals surface area contributed by atoms with Crippen LogP contribution in [0.2, 0.25) is 0 Å².